The van der Waals surface area contributed by atoms with Gasteiger partial charge in [-0.2, -0.15) is 0 Å². The highest BCUT2D eigenvalue weighted by Crippen LogP contribution is 2.11. The molecule has 0 radical (unpaired) electrons. The van der Waals surface area contributed by atoms with Gasteiger partial charge in [0.1, 0.15) is 6.04 Å². The van der Waals surface area contributed by atoms with E-state index in [9.17, 15) is 9.90 Å². The first kappa shape index (κ1) is 13.7. The van der Waals surface area contributed by atoms with E-state index in [4.69, 9.17) is 5.11 Å². The molecule has 17 heavy (non-hydrogen) atoms. The standard InChI is InChI=1S/C13H19NO3/c1-9(2)12(13(16)17)14-8-11(15)10-6-4-3-5-7-10/h3-7,9,11-12,14-15H,8H2,1-2H3,(H,16,17)/t11?,12-/m0/s1. The number of carboxylic acid groups (broad SMARTS) is 1. The summed E-state index contributed by atoms with van der Waals surface area (Å²) in [6.07, 6.45) is -0.684. The number of benzene rings is 1. The van der Waals surface area contributed by atoms with E-state index in [0.29, 0.717) is 0 Å². The van der Waals surface area contributed by atoms with Crippen LogP contribution in [0.5, 0.6) is 0 Å². The fraction of sp³-hybridized carbons (Fsp3) is 0.462. The summed E-state index contributed by atoms with van der Waals surface area (Å²) >= 11 is 0. The molecule has 0 bridgehead atoms. The van der Waals surface area contributed by atoms with E-state index in [2.05, 4.69) is 5.32 Å². The van der Waals surface area contributed by atoms with Crippen molar-refractivity contribution in [3.8, 4) is 0 Å². The van der Waals surface area contributed by atoms with Gasteiger partial charge in [0.15, 0.2) is 0 Å². The SMILES string of the molecule is CC(C)[C@H](NCC(O)c1ccccc1)C(=O)O. The summed E-state index contributed by atoms with van der Waals surface area (Å²) in [4.78, 5) is 10.9. The molecule has 0 amide bonds. The average Bonchev–Trinajstić information content (AvgIpc) is 2.29. The molecule has 0 heterocycles. The molecule has 1 aromatic carbocycles. The Morgan fingerprint density at radius 1 is 1.29 bits per heavy atom. The van der Waals surface area contributed by atoms with Crippen molar-refractivity contribution in [2.75, 3.05) is 6.54 Å². The minimum absolute atomic E-state index is 0.0181. The molecule has 1 unspecified atom stereocenters. The first-order chi connectivity index (χ1) is 8.02. The lowest BCUT2D eigenvalue weighted by Gasteiger charge is -2.20. The third-order valence-electron chi connectivity index (χ3n) is 2.65. The maximum Gasteiger partial charge on any atom is 0.320 e. The molecule has 3 N–H and O–H groups in total. The Hall–Kier alpha value is -1.39. The summed E-state index contributed by atoms with van der Waals surface area (Å²) in [7, 11) is 0. The van der Waals surface area contributed by atoms with Crippen LogP contribution < -0.4 is 5.32 Å². The zero-order valence-corrected chi connectivity index (χ0v) is 10.1. The molecule has 94 valence electrons. The average molecular weight is 237 g/mol. The first-order valence-electron chi connectivity index (χ1n) is 5.71. The smallest absolute Gasteiger partial charge is 0.320 e. The second kappa shape index (κ2) is 6.37. The maximum atomic E-state index is 10.9. The number of hydrogen-bond acceptors (Lipinski definition) is 3. The second-order valence-electron chi connectivity index (χ2n) is 4.39. The van der Waals surface area contributed by atoms with Gasteiger partial charge in [0.25, 0.3) is 0 Å². The van der Waals surface area contributed by atoms with Crippen molar-refractivity contribution in [1.29, 1.82) is 0 Å². The van der Waals surface area contributed by atoms with Gasteiger partial charge in [0.2, 0.25) is 0 Å². The van der Waals surface area contributed by atoms with Crippen LogP contribution in [-0.2, 0) is 4.79 Å². The number of rotatable bonds is 6. The number of nitrogens with one attached hydrogen (secondary N) is 1. The van der Waals surface area contributed by atoms with Crippen LogP contribution in [0, 0.1) is 5.92 Å². The summed E-state index contributed by atoms with van der Waals surface area (Å²) in [5.41, 5.74) is 0.785. The van der Waals surface area contributed by atoms with E-state index in [1.165, 1.54) is 0 Å². The Labute approximate surface area is 101 Å². The molecule has 0 aromatic heterocycles. The lowest BCUT2D eigenvalue weighted by molar-refractivity contribution is -0.140. The van der Waals surface area contributed by atoms with Crippen LogP contribution in [0.3, 0.4) is 0 Å². The van der Waals surface area contributed by atoms with Crippen LogP contribution in [0.15, 0.2) is 30.3 Å². The molecule has 0 spiro atoms. The fourth-order valence-electron chi connectivity index (χ4n) is 1.64. The fourth-order valence-corrected chi connectivity index (χ4v) is 1.64. The van der Waals surface area contributed by atoms with Crippen LogP contribution in [0.25, 0.3) is 0 Å². The van der Waals surface area contributed by atoms with Crippen molar-refractivity contribution in [2.45, 2.75) is 26.0 Å². The van der Waals surface area contributed by atoms with E-state index in [-0.39, 0.29) is 12.5 Å². The van der Waals surface area contributed by atoms with E-state index in [1.807, 2.05) is 44.2 Å². The summed E-state index contributed by atoms with van der Waals surface area (Å²) in [5, 5.41) is 21.7. The highest BCUT2D eigenvalue weighted by molar-refractivity contribution is 5.73. The molecule has 0 saturated heterocycles. The molecular formula is C13H19NO3. The van der Waals surface area contributed by atoms with E-state index < -0.39 is 18.1 Å². The molecule has 0 aliphatic heterocycles. The van der Waals surface area contributed by atoms with Gasteiger partial charge >= 0.3 is 5.97 Å². The zero-order valence-electron chi connectivity index (χ0n) is 10.1. The number of carbonyl (C=O) groups is 1. The molecule has 0 aliphatic rings. The van der Waals surface area contributed by atoms with Crippen molar-refractivity contribution in [1.82, 2.24) is 5.32 Å². The van der Waals surface area contributed by atoms with Crippen molar-refractivity contribution in [3.05, 3.63) is 35.9 Å². The number of aliphatic hydroxyl groups excluding tert-OH is 1. The number of aliphatic carboxylic acids is 1. The predicted molar refractivity (Wildman–Crippen MR) is 65.7 cm³/mol. The number of hydrogen-bond donors (Lipinski definition) is 3. The minimum Gasteiger partial charge on any atom is -0.480 e. The Morgan fingerprint density at radius 2 is 1.88 bits per heavy atom. The topological polar surface area (TPSA) is 69.6 Å². The molecule has 4 heteroatoms. The Balaban J connectivity index is 2.52. The summed E-state index contributed by atoms with van der Waals surface area (Å²) < 4.78 is 0. The van der Waals surface area contributed by atoms with Gasteiger partial charge in [-0.3, -0.25) is 4.79 Å². The molecule has 4 nitrogen and oxygen atoms in total. The van der Waals surface area contributed by atoms with Gasteiger partial charge in [0.05, 0.1) is 6.10 Å². The Morgan fingerprint density at radius 3 is 2.35 bits per heavy atom. The highest BCUT2D eigenvalue weighted by atomic mass is 16.4. The maximum absolute atomic E-state index is 10.9. The van der Waals surface area contributed by atoms with E-state index in [1.54, 1.807) is 0 Å². The molecule has 0 saturated carbocycles. The van der Waals surface area contributed by atoms with Gasteiger partial charge in [0, 0.05) is 6.54 Å². The Kier molecular flexibility index (Phi) is 5.12. The van der Waals surface area contributed by atoms with Crippen LogP contribution >= 0.6 is 0 Å². The normalized spacial score (nSPS) is 14.6. The minimum atomic E-state index is -0.889. The monoisotopic (exact) mass is 237 g/mol. The van der Waals surface area contributed by atoms with Gasteiger partial charge in [-0.15, -0.1) is 0 Å². The van der Waals surface area contributed by atoms with Crippen LogP contribution in [0.2, 0.25) is 0 Å². The molecular weight excluding hydrogens is 218 g/mol. The zero-order chi connectivity index (χ0) is 12.8. The van der Waals surface area contributed by atoms with Crippen LogP contribution in [0.4, 0.5) is 0 Å². The van der Waals surface area contributed by atoms with Gasteiger partial charge < -0.3 is 15.5 Å². The van der Waals surface area contributed by atoms with E-state index >= 15 is 0 Å². The van der Waals surface area contributed by atoms with Gasteiger partial charge in [-0.05, 0) is 11.5 Å². The quantitative estimate of drug-likeness (QED) is 0.700. The van der Waals surface area contributed by atoms with Crippen molar-refractivity contribution >= 4 is 5.97 Å². The summed E-state index contributed by atoms with van der Waals surface area (Å²) in [6.45, 7) is 3.90. The molecule has 1 aromatic rings. The third-order valence-corrected chi connectivity index (χ3v) is 2.65. The van der Waals surface area contributed by atoms with Crippen LogP contribution in [-0.4, -0.2) is 28.8 Å². The lowest BCUT2D eigenvalue weighted by Crippen LogP contribution is -2.42. The van der Waals surface area contributed by atoms with E-state index in [0.717, 1.165) is 5.56 Å². The third kappa shape index (κ3) is 4.17. The largest absolute Gasteiger partial charge is 0.480 e. The second-order valence-corrected chi connectivity index (χ2v) is 4.39. The number of carboxylic acids is 1. The van der Waals surface area contributed by atoms with Gasteiger partial charge in [-0.1, -0.05) is 44.2 Å². The highest BCUT2D eigenvalue weighted by Gasteiger charge is 2.21. The molecule has 1 rings (SSSR count). The summed E-state index contributed by atoms with van der Waals surface area (Å²) in [5.74, 6) is -0.907. The Bertz CT molecular complexity index is 351. The summed E-state index contributed by atoms with van der Waals surface area (Å²) in [6, 6.07) is 8.56. The number of aliphatic hydroxyl groups is 1. The van der Waals surface area contributed by atoms with Crippen molar-refractivity contribution < 1.29 is 15.0 Å². The lowest BCUT2D eigenvalue weighted by atomic mass is 10.0. The molecule has 0 fully saturated rings. The van der Waals surface area contributed by atoms with Crippen molar-refractivity contribution in [3.63, 3.8) is 0 Å². The first-order valence-corrected chi connectivity index (χ1v) is 5.71. The van der Waals surface area contributed by atoms with Crippen LogP contribution in [0.1, 0.15) is 25.5 Å². The molecule has 2 atom stereocenters. The molecule has 0 aliphatic carbocycles. The van der Waals surface area contributed by atoms with Gasteiger partial charge in [-0.25, -0.2) is 0 Å². The predicted octanol–water partition coefficient (Wildman–Crippen LogP) is 1.42. The van der Waals surface area contributed by atoms with Crippen molar-refractivity contribution in [2.24, 2.45) is 5.92 Å².